The Morgan fingerprint density at radius 2 is 1.39 bits per heavy atom. The van der Waals surface area contributed by atoms with Crippen molar-refractivity contribution in [2.75, 3.05) is 11.9 Å². The number of para-hydroxylation sites is 1. The summed E-state index contributed by atoms with van der Waals surface area (Å²) in [5, 5.41) is 11.3. The van der Waals surface area contributed by atoms with E-state index in [0.717, 1.165) is 23.3 Å². The van der Waals surface area contributed by atoms with Gasteiger partial charge in [-0.25, -0.2) is 13.6 Å². The lowest BCUT2D eigenvalue weighted by Crippen LogP contribution is -2.22. The Morgan fingerprint density at radius 1 is 0.857 bits per heavy atom. The summed E-state index contributed by atoms with van der Waals surface area (Å²) in [5.74, 6) is -3.31. The molecule has 0 saturated carbocycles. The topological polar surface area (TPSA) is 75.6 Å². The molecule has 1 amide bonds. The predicted octanol–water partition coefficient (Wildman–Crippen LogP) is 4.13. The first kappa shape index (κ1) is 19.0. The van der Waals surface area contributed by atoms with Crippen LogP contribution in [0.15, 0.2) is 66.7 Å². The zero-order valence-electron chi connectivity index (χ0n) is 14.5. The van der Waals surface area contributed by atoms with Crippen molar-refractivity contribution in [3.63, 3.8) is 0 Å². The van der Waals surface area contributed by atoms with Crippen molar-refractivity contribution >= 4 is 17.6 Å². The van der Waals surface area contributed by atoms with Crippen molar-refractivity contribution in [2.24, 2.45) is 0 Å². The van der Waals surface area contributed by atoms with Crippen LogP contribution in [0.3, 0.4) is 0 Å². The van der Waals surface area contributed by atoms with Gasteiger partial charge in [0.25, 0.3) is 5.91 Å². The van der Waals surface area contributed by atoms with E-state index >= 15 is 0 Å². The molecule has 0 spiro atoms. The second kappa shape index (κ2) is 8.30. The number of hydrogen-bond donors (Lipinski definition) is 2. The molecule has 7 heteroatoms. The molecule has 0 bridgehead atoms. The maximum atomic E-state index is 13.5. The Morgan fingerprint density at radius 3 is 1.96 bits per heavy atom. The molecule has 0 fully saturated rings. The SMILES string of the molecule is O=C(COC(=O)c1ccc(-c2ccc(O)cc2)cc1)Nc1c(F)cccc1F. The Balaban J connectivity index is 1.59. The summed E-state index contributed by atoms with van der Waals surface area (Å²) >= 11 is 0. The van der Waals surface area contributed by atoms with Gasteiger partial charge in [-0.1, -0.05) is 30.3 Å². The maximum absolute atomic E-state index is 13.5. The molecule has 142 valence electrons. The van der Waals surface area contributed by atoms with Crippen LogP contribution in [0.4, 0.5) is 14.5 Å². The van der Waals surface area contributed by atoms with E-state index in [1.807, 2.05) is 5.32 Å². The highest BCUT2D eigenvalue weighted by Crippen LogP contribution is 2.22. The summed E-state index contributed by atoms with van der Waals surface area (Å²) in [6.07, 6.45) is 0. The molecular weight excluding hydrogens is 368 g/mol. The number of phenols is 1. The molecule has 0 aliphatic rings. The molecule has 3 aromatic carbocycles. The predicted molar refractivity (Wildman–Crippen MR) is 98.8 cm³/mol. The van der Waals surface area contributed by atoms with Crippen LogP contribution in [-0.2, 0) is 9.53 Å². The zero-order chi connectivity index (χ0) is 20.1. The minimum atomic E-state index is -0.926. The average Bonchev–Trinajstić information content (AvgIpc) is 2.70. The summed E-state index contributed by atoms with van der Waals surface area (Å²) in [6, 6.07) is 16.2. The first-order valence-electron chi connectivity index (χ1n) is 8.24. The van der Waals surface area contributed by atoms with Crippen molar-refractivity contribution in [3.8, 4) is 16.9 Å². The van der Waals surface area contributed by atoms with Gasteiger partial charge in [-0.2, -0.15) is 0 Å². The molecule has 0 heterocycles. The standard InChI is InChI=1S/C21H15F2NO4/c22-17-2-1-3-18(23)20(17)24-19(26)12-28-21(27)15-6-4-13(5-7-15)14-8-10-16(25)11-9-14/h1-11,25H,12H2,(H,24,26). The van der Waals surface area contributed by atoms with Crippen molar-refractivity contribution in [3.05, 3.63) is 83.9 Å². The van der Waals surface area contributed by atoms with E-state index in [2.05, 4.69) is 0 Å². The summed E-state index contributed by atoms with van der Waals surface area (Å²) in [4.78, 5) is 23.8. The third kappa shape index (κ3) is 4.50. The van der Waals surface area contributed by atoms with E-state index < -0.39 is 35.8 Å². The zero-order valence-corrected chi connectivity index (χ0v) is 14.5. The minimum Gasteiger partial charge on any atom is -0.508 e. The fourth-order valence-corrected chi connectivity index (χ4v) is 2.46. The van der Waals surface area contributed by atoms with Crippen LogP contribution in [0.2, 0.25) is 0 Å². The monoisotopic (exact) mass is 383 g/mol. The molecular formula is C21H15F2NO4. The molecule has 0 unspecified atom stereocenters. The van der Waals surface area contributed by atoms with Crippen LogP contribution < -0.4 is 5.32 Å². The number of ether oxygens (including phenoxy) is 1. The highest BCUT2D eigenvalue weighted by Gasteiger charge is 2.14. The van der Waals surface area contributed by atoms with Gasteiger partial charge >= 0.3 is 5.97 Å². The van der Waals surface area contributed by atoms with Gasteiger partial charge in [0, 0.05) is 0 Å². The number of carbonyl (C=O) groups is 2. The Hall–Kier alpha value is -3.74. The van der Waals surface area contributed by atoms with Crippen molar-refractivity contribution < 1.29 is 28.2 Å². The fraction of sp³-hybridized carbons (Fsp3) is 0.0476. The molecule has 0 atom stereocenters. The number of aromatic hydroxyl groups is 1. The van der Waals surface area contributed by atoms with Crippen LogP contribution >= 0.6 is 0 Å². The molecule has 5 nitrogen and oxygen atoms in total. The number of phenolic OH excluding ortho intramolecular Hbond substituents is 1. The largest absolute Gasteiger partial charge is 0.508 e. The van der Waals surface area contributed by atoms with E-state index in [9.17, 15) is 23.5 Å². The van der Waals surface area contributed by atoms with Crippen molar-refractivity contribution in [2.45, 2.75) is 0 Å². The van der Waals surface area contributed by atoms with Crippen LogP contribution in [0, 0.1) is 11.6 Å². The number of rotatable bonds is 5. The average molecular weight is 383 g/mol. The molecule has 3 aromatic rings. The molecule has 28 heavy (non-hydrogen) atoms. The number of halogens is 2. The van der Waals surface area contributed by atoms with E-state index in [4.69, 9.17) is 4.74 Å². The van der Waals surface area contributed by atoms with Crippen LogP contribution in [0.5, 0.6) is 5.75 Å². The minimum absolute atomic E-state index is 0.150. The Labute approximate surface area is 159 Å². The summed E-state index contributed by atoms with van der Waals surface area (Å²) in [6.45, 7) is -0.688. The summed E-state index contributed by atoms with van der Waals surface area (Å²) < 4.78 is 31.9. The number of nitrogens with one attached hydrogen (secondary N) is 1. The van der Waals surface area contributed by atoms with Gasteiger partial charge < -0.3 is 15.2 Å². The summed E-state index contributed by atoms with van der Waals surface area (Å²) in [5.41, 5.74) is 1.29. The maximum Gasteiger partial charge on any atom is 0.338 e. The van der Waals surface area contributed by atoms with Gasteiger partial charge in [-0.15, -0.1) is 0 Å². The molecule has 2 N–H and O–H groups in total. The Bertz CT molecular complexity index is 982. The number of anilines is 1. The van der Waals surface area contributed by atoms with Crippen LogP contribution in [0.1, 0.15) is 10.4 Å². The van der Waals surface area contributed by atoms with Crippen molar-refractivity contribution in [1.29, 1.82) is 0 Å². The molecule has 3 rings (SSSR count). The molecule has 0 aromatic heterocycles. The van der Waals surface area contributed by atoms with Gasteiger partial charge in [0.2, 0.25) is 0 Å². The number of benzene rings is 3. The quantitative estimate of drug-likeness (QED) is 0.650. The lowest BCUT2D eigenvalue weighted by molar-refractivity contribution is -0.119. The van der Waals surface area contributed by atoms with Gasteiger partial charge in [0.05, 0.1) is 5.56 Å². The van der Waals surface area contributed by atoms with E-state index in [1.54, 1.807) is 36.4 Å². The van der Waals surface area contributed by atoms with E-state index in [1.165, 1.54) is 18.2 Å². The molecule has 0 saturated heterocycles. The second-order valence-corrected chi connectivity index (χ2v) is 5.85. The molecule has 0 aliphatic heterocycles. The van der Waals surface area contributed by atoms with E-state index in [0.29, 0.717) is 0 Å². The third-order valence-electron chi connectivity index (χ3n) is 3.88. The van der Waals surface area contributed by atoms with Crippen LogP contribution in [0.25, 0.3) is 11.1 Å². The third-order valence-corrected chi connectivity index (χ3v) is 3.88. The molecule has 0 aliphatic carbocycles. The highest BCUT2D eigenvalue weighted by atomic mass is 19.1. The summed E-state index contributed by atoms with van der Waals surface area (Å²) in [7, 11) is 0. The van der Waals surface area contributed by atoms with Gasteiger partial charge in [0.15, 0.2) is 6.61 Å². The number of carbonyl (C=O) groups excluding carboxylic acids is 2. The lowest BCUT2D eigenvalue weighted by atomic mass is 10.0. The molecule has 0 radical (unpaired) electrons. The second-order valence-electron chi connectivity index (χ2n) is 5.85. The fourth-order valence-electron chi connectivity index (χ4n) is 2.46. The number of amides is 1. The Kier molecular flexibility index (Phi) is 5.64. The van der Waals surface area contributed by atoms with Crippen molar-refractivity contribution in [1.82, 2.24) is 0 Å². The smallest absolute Gasteiger partial charge is 0.338 e. The number of esters is 1. The first-order chi connectivity index (χ1) is 13.4. The number of hydrogen-bond acceptors (Lipinski definition) is 4. The van der Waals surface area contributed by atoms with Gasteiger partial charge in [0.1, 0.15) is 23.1 Å². The lowest BCUT2D eigenvalue weighted by Gasteiger charge is -2.08. The van der Waals surface area contributed by atoms with Crippen LogP contribution in [-0.4, -0.2) is 23.6 Å². The van der Waals surface area contributed by atoms with Gasteiger partial charge in [-0.05, 0) is 47.5 Å². The first-order valence-corrected chi connectivity index (χ1v) is 8.24. The van der Waals surface area contributed by atoms with E-state index in [-0.39, 0.29) is 11.3 Å². The highest BCUT2D eigenvalue weighted by molar-refractivity contribution is 5.95. The van der Waals surface area contributed by atoms with Gasteiger partial charge in [-0.3, -0.25) is 4.79 Å². The normalized spacial score (nSPS) is 10.4.